The highest BCUT2D eigenvalue weighted by Crippen LogP contribution is 2.49. The van der Waals surface area contributed by atoms with Gasteiger partial charge >= 0.3 is 0 Å². The minimum atomic E-state index is -1.70. The molecule has 3 fully saturated rings. The van der Waals surface area contributed by atoms with Crippen LogP contribution in [0.25, 0.3) is 0 Å². The fourth-order valence-corrected chi connectivity index (χ4v) is 9.44. The number of hydrogen-bond acceptors (Lipinski definition) is 4. The smallest absolute Gasteiger partial charge is 0.184 e. The van der Waals surface area contributed by atoms with Gasteiger partial charge in [-0.25, -0.2) is 0 Å². The molecule has 3 heterocycles. The number of ether oxygens (including phenoxy) is 3. The van der Waals surface area contributed by atoms with Gasteiger partial charge in [-0.15, -0.1) is 0 Å². The van der Waals surface area contributed by atoms with E-state index >= 15 is 0 Å². The Morgan fingerprint density at radius 1 is 0.806 bits per heavy atom. The molecule has 188 valence electrons. The Morgan fingerprint density at radius 3 is 2.17 bits per heavy atom. The molecule has 36 heavy (non-hydrogen) atoms. The number of fused-ring (bicyclic) bond motifs is 3. The molecule has 6 rings (SSSR count). The van der Waals surface area contributed by atoms with Crippen LogP contribution in [-0.2, 0) is 20.8 Å². The standard InChI is InChI=1S/C31H37NO3Si/c1-36(2,26-16-10-5-11-17-26)22-28-30-29(34-31(35-30)24-14-8-4-9-15-24)27-19-18-25(32(27)28)21-33-20-23-12-6-3-7-13-23/h3-17,25,27-31H,18-22H2,1-2H3. The molecule has 3 aromatic rings. The quantitative estimate of drug-likeness (QED) is 0.382. The Labute approximate surface area is 216 Å². The molecule has 3 aliphatic heterocycles. The molecule has 0 spiro atoms. The highest BCUT2D eigenvalue weighted by atomic mass is 28.3. The van der Waals surface area contributed by atoms with Gasteiger partial charge in [0.15, 0.2) is 6.29 Å². The van der Waals surface area contributed by atoms with E-state index in [2.05, 4.69) is 109 Å². The normalized spacial score (nSPS) is 29.8. The van der Waals surface area contributed by atoms with Gasteiger partial charge in [-0.3, -0.25) is 4.90 Å². The first-order valence-electron chi connectivity index (χ1n) is 13.4. The van der Waals surface area contributed by atoms with Gasteiger partial charge in [-0.05, 0) is 24.4 Å². The van der Waals surface area contributed by atoms with E-state index in [0.29, 0.717) is 24.7 Å². The highest BCUT2D eigenvalue weighted by Gasteiger charge is 2.60. The number of nitrogens with zero attached hydrogens (tertiary/aromatic N) is 1. The molecule has 3 saturated heterocycles. The van der Waals surface area contributed by atoms with Gasteiger partial charge in [0.25, 0.3) is 0 Å². The molecule has 0 bridgehead atoms. The van der Waals surface area contributed by atoms with Crippen molar-refractivity contribution >= 4 is 13.3 Å². The van der Waals surface area contributed by atoms with Crippen LogP contribution in [0.3, 0.4) is 0 Å². The van der Waals surface area contributed by atoms with E-state index in [1.165, 1.54) is 10.8 Å². The SMILES string of the molecule is C[Si](C)(CC1C2OC(c3ccccc3)OC2C2CCC(COCc3ccccc3)N21)c1ccccc1. The van der Waals surface area contributed by atoms with Gasteiger partial charge < -0.3 is 14.2 Å². The summed E-state index contributed by atoms with van der Waals surface area (Å²) in [5.41, 5.74) is 2.36. The van der Waals surface area contributed by atoms with Crippen molar-refractivity contribution in [1.82, 2.24) is 4.90 Å². The molecular weight excluding hydrogens is 462 g/mol. The largest absolute Gasteiger partial charge is 0.375 e. The molecule has 5 heteroatoms. The predicted molar refractivity (Wildman–Crippen MR) is 146 cm³/mol. The highest BCUT2D eigenvalue weighted by molar-refractivity contribution is 6.89. The number of hydrogen-bond donors (Lipinski definition) is 0. The fourth-order valence-electron chi connectivity index (χ4n) is 6.62. The van der Waals surface area contributed by atoms with Crippen LogP contribution in [0.4, 0.5) is 0 Å². The first kappa shape index (κ1) is 24.1. The van der Waals surface area contributed by atoms with Crippen LogP contribution in [0.1, 0.15) is 30.3 Å². The van der Waals surface area contributed by atoms with Crippen LogP contribution >= 0.6 is 0 Å². The van der Waals surface area contributed by atoms with Crippen molar-refractivity contribution in [2.75, 3.05) is 6.61 Å². The number of benzene rings is 3. The zero-order valence-electron chi connectivity index (χ0n) is 21.3. The second kappa shape index (κ2) is 10.2. The maximum absolute atomic E-state index is 6.74. The van der Waals surface area contributed by atoms with E-state index in [-0.39, 0.29) is 18.5 Å². The third-order valence-corrected chi connectivity index (χ3v) is 11.7. The van der Waals surface area contributed by atoms with Crippen LogP contribution in [0, 0.1) is 0 Å². The molecule has 0 amide bonds. The summed E-state index contributed by atoms with van der Waals surface area (Å²) in [5.74, 6) is 0. The molecular formula is C31H37NO3Si. The van der Waals surface area contributed by atoms with Crippen molar-refractivity contribution in [1.29, 1.82) is 0 Å². The zero-order valence-corrected chi connectivity index (χ0v) is 22.3. The minimum absolute atomic E-state index is 0.104. The summed E-state index contributed by atoms with van der Waals surface area (Å²) in [6.07, 6.45) is 2.27. The van der Waals surface area contributed by atoms with E-state index in [1.807, 2.05) is 0 Å². The average molecular weight is 500 g/mol. The molecule has 0 aliphatic carbocycles. The summed E-state index contributed by atoms with van der Waals surface area (Å²) >= 11 is 0. The van der Waals surface area contributed by atoms with Crippen molar-refractivity contribution < 1.29 is 14.2 Å². The van der Waals surface area contributed by atoms with E-state index in [1.54, 1.807) is 0 Å². The molecule has 0 N–H and O–H groups in total. The topological polar surface area (TPSA) is 30.9 Å². The van der Waals surface area contributed by atoms with Crippen LogP contribution in [0.5, 0.6) is 0 Å². The predicted octanol–water partition coefficient (Wildman–Crippen LogP) is 5.52. The van der Waals surface area contributed by atoms with Gasteiger partial charge in [0, 0.05) is 23.7 Å². The van der Waals surface area contributed by atoms with Crippen LogP contribution < -0.4 is 5.19 Å². The summed E-state index contributed by atoms with van der Waals surface area (Å²) in [7, 11) is -1.70. The zero-order chi connectivity index (χ0) is 24.5. The second-order valence-corrected chi connectivity index (χ2v) is 16.0. The first-order valence-corrected chi connectivity index (χ1v) is 16.6. The Kier molecular flexibility index (Phi) is 6.84. The lowest BCUT2D eigenvalue weighted by Gasteiger charge is -2.37. The molecule has 4 nitrogen and oxygen atoms in total. The van der Waals surface area contributed by atoms with E-state index in [9.17, 15) is 0 Å². The molecule has 0 radical (unpaired) electrons. The molecule has 3 aliphatic rings. The average Bonchev–Trinajstić information content (AvgIpc) is 3.60. The minimum Gasteiger partial charge on any atom is -0.375 e. The van der Waals surface area contributed by atoms with Gasteiger partial charge in [0.05, 0.1) is 21.3 Å². The van der Waals surface area contributed by atoms with Crippen LogP contribution in [0.2, 0.25) is 19.1 Å². The first-order chi connectivity index (χ1) is 17.6. The van der Waals surface area contributed by atoms with Gasteiger partial charge in [0.1, 0.15) is 12.2 Å². The van der Waals surface area contributed by atoms with Gasteiger partial charge in [0.2, 0.25) is 0 Å². The lowest BCUT2D eigenvalue weighted by Crippen LogP contribution is -2.52. The molecule has 0 aromatic heterocycles. The van der Waals surface area contributed by atoms with Gasteiger partial charge in [-0.1, -0.05) is 109 Å². The summed E-state index contributed by atoms with van der Waals surface area (Å²) in [5, 5.41) is 1.51. The van der Waals surface area contributed by atoms with Crippen molar-refractivity contribution in [2.24, 2.45) is 0 Å². The van der Waals surface area contributed by atoms with Crippen molar-refractivity contribution in [3.63, 3.8) is 0 Å². The van der Waals surface area contributed by atoms with Crippen molar-refractivity contribution in [3.05, 3.63) is 102 Å². The number of rotatable bonds is 8. The van der Waals surface area contributed by atoms with Gasteiger partial charge in [-0.2, -0.15) is 0 Å². The van der Waals surface area contributed by atoms with Crippen molar-refractivity contribution in [3.8, 4) is 0 Å². The maximum atomic E-state index is 6.74. The monoisotopic (exact) mass is 499 g/mol. The third-order valence-electron chi connectivity index (χ3n) is 8.40. The summed E-state index contributed by atoms with van der Waals surface area (Å²) in [4.78, 5) is 2.75. The lowest BCUT2D eigenvalue weighted by molar-refractivity contribution is -0.101. The van der Waals surface area contributed by atoms with Crippen molar-refractivity contribution in [2.45, 2.75) is 75.2 Å². The Hall–Kier alpha value is -2.28. The third kappa shape index (κ3) is 4.71. The lowest BCUT2D eigenvalue weighted by atomic mass is 10.0. The van der Waals surface area contributed by atoms with Crippen LogP contribution in [-0.4, -0.2) is 49.9 Å². The molecule has 6 atom stereocenters. The maximum Gasteiger partial charge on any atom is 0.184 e. The Bertz CT molecular complexity index is 1130. The summed E-state index contributed by atoms with van der Waals surface area (Å²) < 4.78 is 19.7. The second-order valence-electron chi connectivity index (χ2n) is 11.2. The molecule has 0 saturated carbocycles. The Balaban J connectivity index is 1.23. The summed E-state index contributed by atoms with van der Waals surface area (Å²) in [6.45, 7) is 6.44. The van der Waals surface area contributed by atoms with E-state index in [4.69, 9.17) is 14.2 Å². The molecule has 3 aromatic carbocycles. The fraction of sp³-hybridized carbons (Fsp3) is 0.419. The summed E-state index contributed by atoms with van der Waals surface area (Å²) in [6, 6.07) is 34.4. The Morgan fingerprint density at radius 2 is 1.44 bits per heavy atom. The van der Waals surface area contributed by atoms with Crippen LogP contribution in [0.15, 0.2) is 91.0 Å². The van der Waals surface area contributed by atoms with E-state index in [0.717, 1.165) is 31.1 Å². The van der Waals surface area contributed by atoms with E-state index < -0.39 is 8.07 Å². The molecule has 6 unspecified atom stereocenters.